The van der Waals surface area contributed by atoms with Crippen molar-refractivity contribution in [3.8, 4) is 0 Å². The van der Waals surface area contributed by atoms with Crippen LogP contribution in [0.15, 0.2) is 0 Å². The second-order valence-corrected chi connectivity index (χ2v) is 4.61. The van der Waals surface area contributed by atoms with Crippen LogP contribution in [0, 0.1) is 5.41 Å². The molecule has 10 nitrogen and oxygen atoms in total. The third-order valence-corrected chi connectivity index (χ3v) is 2.85. The van der Waals surface area contributed by atoms with Gasteiger partial charge in [0, 0.05) is 0 Å². The fourth-order valence-corrected chi connectivity index (χ4v) is 0.971. The first kappa shape index (κ1) is 22.9. The van der Waals surface area contributed by atoms with E-state index >= 15 is 0 Å². The van der Waals surface area contributed by atoms with Gasteiger partial charge in [0.2, 0.25) is 0 Å². The van der Waals surface area contributed by atoms with Gasteiger partial charge in [0.1, 0.15) is 24.4 Å². The largest absolute Gasteiger partial charge is 0.396 e. The number of hydrogen-bond donors (Lipinski definition) is 10. The fourth-order valence-electron chi connectivity index (χ4n) is 0.971. The molecule has 4 atom stereocenters. The van der Waals surface area contributed by atoms with E-state index in [0.717, 1.165) is 0 Å². The van der Waals surface area contributed by atoms with Crippen LogP contribution in [0.4, 0.5) is 0 Å². The first-order valence-corrected chi connectivity index (χ1v) is 6.16. The molecule has 0 radical (unpaired) electrons. The maximum Gasteiger partial charge on any atom is 0.111 e. The normalized spacial score (nSPS) is 17.4. The summed E-state index contributed by atoms with van der Waals surface area (Å²) >= 11 is 0. The van der Waals surface area contributed by atoms with Gasteiger partial charge in [0.05, 0.1) is 45.1 Å². The predicted octanol–water partition coefficient (Wildman–Crippen LogP) is -5.64. The lowest BCUT2D eigenvalue weighted by molar-refractivity contribution is -0.123. The molecule has 0 aliphatic rings. The molecular formula is C11H26O10. The molecule has 0 aromatic carbocycles. The van der Waals surface area contributed by atoms with Gasteiger partial charge in [-0.3, -0.25) is 0 Å². The molecule has 0 aliphatic heterocycles. The van der Waals surface area contributed by atoms with Gasteiger partial charge in [-0.2, -0.15) is 0 Å². The average Bonchev–Trinajstić information content (AvgIpc) is 2.55. The lowest BCUT2D eigenvalue weighted by Gasteiger charge is -2.24. The van der Waals surface area contributed by atoms with Crippen LogP contribution >= 0.6 is 0 Å². The average molecular weight is 318 g/mol. The zero-order valence-corrected chi connectivity index (χ0v) is 11.5. The second-order valence-electron chi connectivity index (χ2n) is 4.61. The quantitative estimate of drug-likeness (QED) is 0.195. The fraction of sp³-hybridized carbons (Fsp3) is 1.00. The first-order chi connectivity index (χ1) is 9.78. The zero-order valence-electron chi connectivity index (χ0n) is 11.5. The molecule has 0 saturated heterocycles. The van der Waals surface area contributed by atoms with Gasteiger partial charge < -0.3 is 51.1 Å². The van der Waals surface area contributed by atoms with Crippen LogP contribution in [-0.4, -0.2) is 115 Å². The van der Waals surface area contributed by atoms with Crippen molar-refractivity contribution in [3.63, 3.8) is 0 Å². The molecule has 0 spiro atoms. The maximum atomic E-state index is 8.96. The molecule has 0 heterocycles. The summed E-state index contributed by atoms with van der Waals surface area (Å²) in [6.45, 7) is -3.08. The Kier molecular flexibility index (Phi) is 13.3. The van der Waals surface area contributed by atoms with E-state index in [2.05, 4.69) is 0 Å². The van der Waals surface area contributed by atoms with E-state index in [-0.39, 0.29) is 0 Å². The third kappa shape index (κ3) is 7.97. The van der Waals surface area contributed by atoms with Crippen molar-refractivity contribution in [1.29, 1.82) is 0 Å². The van der Waals surface area contributed by atoms with Crippen molar-refractivity contribution in [1.82, 2.24) is 0 Å². The van der Waals surface area contributed by atoms with E-state index in [4.69, 9.17) is 51.1 Å². The molecule has 10 heteroatoms. The highest BCUT2D eigenvalue weighted by atomic mass is 16.4. The maximum absolute atomic E-state index is 8.96. The van der Waals surface area contributed by atoms with Crippen molar-refractivity contribution in [2.45, 2.75) is 24.4 Å². The van der Waals surface area contributed by atoms with Crippen molar-refractivity contribution >= 4 is 0 Å². The van der Waals surface area contributed by atoms with Gasteiger partial charge in [-0.25, -0.2) is 0 Å². The van der Waals surface area contributed by atoms with Crippen LogP contribution in [0.2, 0.25) is 0 Å². The summed E-state index contributed by atoms with van der Waals surface area (Å²) in [6, 6.07) is 0. The SMILES string of the molecule is OCC(CO)(CO)CO.OC[C@@H](O)[C@@H](O)[C@H](O)[C@H](O)CO. The van der Waals surface area contributed by atoms with Crippen LogP contribution in [0.3, 0.4) is 0 Å². The van der Waals surface area contributed by atoms with Gasteiger partial charge in [-0.15, -0.1) is 0 Å². The van der Waals surface area contributed by atoms with Gasteiger partial charge in [-0.05, 0) is 0 Å². The van der Waals surface area contributed by atoms with Crippen LogP contribution < -0.4 is 0 Å². The van der Waals surface area contributed by atoms with E-state index in [1.165, 1.54) is 0 Å². The number of aliphatic hydroxyl groups excluding tert-OH is 10. The lowest BCUT2D eigenvalue weighted by atomic mass is 9.93. The van der Waals surface area contributed by atoms with E-state index in [1.54, 1.807) is 0 Å². The molecule has 0 aromatic rings. The topological polar surface area (TPSA) is 202 Å². The number of rotatable bonds is 9. The highest BCUT2D eigenvalue weighted by Gasteiger charge is 2.29. The Bertz CT molecular complexity index is 204. The predicted molar refractivity (Wildman–Crippen MR) is 69.0 cm³/mol. The summed E-state index contributed by atoms with van der Waals surface area (Å²) in [4.78, 5) is 0. The second kappa shape index (κ2) is 12.2. The third-order valence-electron chi connectivity index (χ3n) is 2.85. The van der Waals surface area contributed by atoms with Gasteiger partial charge in [0.25, 0.3) is 0 Å². The lowest BCUT2D eigenvalue weighted by Crippen LogP contribution is -2.46. The summed E-state index contributed by atoms with van der Waals surface area (Å²) in [5, 5.41) is 86.2. The Hall–Kier alpha value is -0.400. The molecule has 10 N–H and O–H groups in total. The molecule has 0 rings (SSSR count). The number of aliphatic hydroxyl groups is 10. The minimum atomic E-state index is -1.67. The van der Waals surface area contributed by atoms with Gasteiger partial charge in [-0.1, -0.05) is 0 Å². The minimum absolute atomic E-state index is 0.406. The van der Waals surface area contributed by atoms with Crippen molar-refractivity contribution in [3.05, 3.63) is 0 Å². The Labute approximate surface area is 121 Å². The van der Waals surface area contributed by atoms with Gasteiger partial charge >= 0.3 is 0 Å². The molecule has 0 fully saturated rings. The number of hydrogen-bond acceptors (Lipinski definition) is 10. The summed E-state index contributed by atoms with van der Waals surface area (Å²) in [7, 11) is 0. The Morgan fingerprint density at radius 1 is 0.524 bits per heavy atom. The first-order valence-electron chi connectivity index (χ1n) is 6.16. The highest BCUT2D eigenvalue weighted by molar-refractivity contribution is 4.79. The monoisotopic (exact) mass is 318 g/mol. The van der Waals surface area contributed by atoms with Gasteiger partial charge in [0.15, 0.2) is 0 Å². The summed E-state index contributed by atoms with van der Waals surface area (Å²) < 4.78 is 0. The van der Waals surface area contributed by atoms with Crippen molar-refractivity contribution < 1.29 is 51.1 Å². The van der Waals surface area contributed by atoms with E-state index in [1.807, 2.05) is 0 Å². The van der Waals surface area contributed by atoms with E-state index in [9.17, 15) is 0 Å². The zero-order chi connectivity index (χ0) is 17.1. The van der Waals surface area contributed by atoms with Crippen LogP contribution in [-0.2, 0) is 0 Å². The minimum Gasteiger partial charge on any atom is -0.396 e. The molecule has 0 bridgehead atoms. The summed E-state index contributed by atoms with van der Waals surface area (Å²) in [5.74, 6) is 0. The van der Waals surface area contributed by atoms with Crippen molar-refractivity contribution in [2.75, 3.05) is 39.6 Å². The van der Waals surface area contributed by atoms with E-state index < -0.39 is 69.5 Å². The standard InChI is InChI=1S/C6H14O6.C5H12O4/c7-1-3(9)5(11)6(12)4(10)2-8;6-1-5(2-7,3-8)4-9/h3-12H,1-2H2;6-9H,1-4H2/t3-,4-,5-,6-;/m1./s1. The molecule has 21 heavy (non-hydrogen) atoms. The molecular weight excluding hydrogens is 292 g/mol. The summed E-state index contributed by atoms with van der Waals surface area (Å²) in [6.07, 6.45) is -6.39. The van der Waals surface area contributed by atoms with E-state index in [0.29, 0.717) is 0 Å². The Balaban J connectivity index is 0. The summed E-state index contributed by atoms with van der Waals surface area (Å²) in [5.41, 5.74) is -1.11. The molecule has 0 unspecified atom stereocenters. The van der Waals surface area contributed by atoms with Crippen LogP contribution in [0.25, 0.3) is 0 Å². The Morgan fingerprint density at radius 3 is 0.857 bits per heavy atom. The van der Waals surface area contributed by atoms with Crippen molar-refractivity contribution in [2.24, 2.45) is 5.41 Å². The molecule has 0 amide bonds. The smallest absolute Gasteiger partial charge is 0.111 e. The van der Waals surface area contributed by atoms with Crippen LogP contribution in [0.5, 0.6) is 0 Å². The highest BCUT2D eigenvalue weighted by Crippen LogP contribution is 2.11. The van der Waals surface area contributed by atoms with Crippen LogP contribution in [0.1, 0.15) is 0 Å². The molecule has 0 aromatic heterocycles. The Morgan fingerprint density at radius 2 is 0.762 bits per heavy atom. The molecule has 0 saturated carbocycles. The molecule has 0 aliphatic carbocycles. The molecule has 130 valence electrons.